The molecule has 0 aliphatic rings. The molecule has 0 heterocycles. The first-order valence-corrected chi connectivity index (χ1v) is 8.62. The highest BCUT2D eigenvalue weighted by Gasteiger charge is 2.21. The van der Waals surface area contributed by atoms with Gasteiger partial charge in [0.2, 0.25) is 0 Å². The van der Waals surface area contributed by atoms with Crippen LogP contribution in [-0.4, -0.2) is 25.2 Å². The quantitative estimate of drug-likeness (QED) is 0.309. The molecule has 0 aliphatic carbocycles. The van der Waals surface area contributed by atoms with E-state index >= 15 is 0 Å². The molecule has 0 radical (unpaired) electrons. The summed E-state index contributed by atoms with van der Waals surface area (Å²) in [6.45, 7) is 7.76. The van der Waals surface area contributed by atoms with Crippen LogP contribution in [0.25, 0.3) is 0 Å². The van der Waals surface area contributed by atoms with E-state index in [4.69, 9.17) is 9.47 Å². The summed E-state index contributed by atoms with van der Waals surface area (Å²) in [7, 11) is 0. The van der Waals surface area contributed by atoms with Crippen molar-refractivity contribution >= 4 is 11.9 Å². The topological polar surface area (TPSA) is 52.6 Å². The van der Waals surface area contributed by atoms with Crippen LogP contribution in [0, 0.1) is 0 Å². The molecule has 0 N–H and O–H groups in total. The van der Waals surface area contributed by atoms with Gasteiger partial charge < -0.3 is 9.47 Å². The van der Waals surface area contributed by atoms with Gasteiger partial charge in [-0.1, -0.05) is 81.1 Å². The summed E-state index contributed by atoms with van der Waals surface area (Å²) in [5, 5.41) is 0. The number of hydrogen-bond donors (Lipinski definition) is 0. The molecule has 0 amide bonds. The zero-order valence-electron chi connectivity index (χ0n) is 15.2. The van der Waals surface area contributed by atoms with Gasteiger partial charge in [-0.05, 0) is 11.1 Å². The van der Waals surface area contributed by atoms with Crippen molar-refractivity contribution < 1.29 is 19.1 Å². The lowest BCUT2D eigenvalue weighted by Crippen LogP contribution is -2.20. The second-order valence-corrected chi connectivity index (χ2v) is 6.30. The second-order valence-electron chi connectivity index (χ2n) is 6.30. The molecule has 0 spiro atoms. The number of ether oxygens (including phenoxy) is 2. The van der Waals surface area contributed by atoms with Crippen molar-refractivity contribution in [2.75, 3.05) is 13.2 Å². The van der Waals surface area contributed by atoms with Crippen LogP contribution in [0.4, 0.5) is 0 Å². The Morgan fingerprint density at radius 2 is 1.12 bits per heavy atom. The summed E-state index contributed by atoms with van der Waals surface area (Å²) in [4.78, 5) is 24.0. The fraction of sp³-hybridized carbons (Fsp3) is 0.273. The van der Waals surface area contributed by atoms with Gasteiger partial charge in [-0.25, -0.2) is 9.59 Å². The number of benzene rings is 2. The number of hydrogen-bond acceptors (Lipinski definition) is 4. The first kappa shape index (κ1) is 19.4. The third-order valence-corrected chi connectivity index (χ3v) is 4.16. The molecule has 0 aliphatic heterocycles. The van der Waals surface area contributed by atoms with E-state index in [0.29, 0.717) is 0 Å². The highest BCUT2D eigenvalue weighted by molar-refractivity contribution is 6.13. The van der Waals surface area contributed by atoms with Crippen molar-refractivity contribution in [3.8, 4) is 0 Å². The fourth-order valence-corrected chi connectivity index (χ4v) is 2.41. The van der Waals surface area contributed by atoms with E-state index in [1.54, 1.807) is 0 Å². The van der Waals surface area contributed by atoms with Crippen LogP contribution >= 0.6 is 0 Å². The Hall–Kier alpha value is -2.88. The Morgan fingerprint density at radius 1 is 0.769 bits per heavy atom. The summed E-state index contributed by atoms with van der Waals surface area (Å²) >= 11 is 0. The fourth-order valence-electron chi connectivity index (χ4n) is 2.41. The lowest BCUT2D eigenvalue weighted by molar-refractivity contribution is -0.147. The van der Waals surface area contributed by atoms with Crippen LogP contribution in [0.2, 0.25) is 0 Å². The molecular formula is C22H24O4. The largest absolute Gasteiger partial charge is 0.461 e. The zero-order valence-corrected chi connectivity index (χ0v) is 15.2. The van der Waals surface area contributed by atoms with Gasteiger partial charge in [0.1, 0.15) is 5.57 Å². The molecule has 4 heteroatoms. The number of carbonyl (C=O) groups is 2. The molecule has 2 rings (SSSR count). The normalized spacial score (nSPS) is 12.7. The third kappa shape index (κ3) is 5.59. The molecule has 2 aromatic rings. The lowest BCUT2D eigenvalue weighted by atomic mass is 10.0. The molecule has 2 aromatic carbocycles. The van der Waals surface area contributed by atoms with Gasteiger partial charge in [-0.15, -0.1) is 0 Å². The van der Waals surface area contributed by atoms with Gasteiger partial charge in [-0.2, -0.15) is 0 Å². The first-order valence-electron chi connectivity index (χ1n) is 8.62. The van der Waals surface area contributed by atoms with Crippen LogP contribution in [0.15, 0.2) is 72.8 Å². The van der Waals surface area contributed by atoms with Gasteiger partial charge in [0.05, 0.1) is 13.2 Å². The van der Waals surface area contributed by atoms with Gasteiger partial charge in [0.25, 0.3) is 0 Å². The van der Waals surface area contributed by atoms with Crippen LogP contribution in [0.3, 0.4) is 0 Å². The third-order valence-electron chi connectivity index (χ3n) is 4.16. The predicted molar refractivity (Wildman–Crippen MR) is 101 cm³/mol. The zero-order chi connectivity index (χ0) is 18.9. The maximum absolute atomic E-state index is 12.0. The Labute approximate surface area is 154 Å². The van der Waals surface area contributed by atoms with E-state index in [1.165, 1.54) is 0 Å². The van der Waals surface area contributed by atoms with Crippen molar-refractivity contribution in [2.24, 2.45) is 0 Å². The van der Waals surface area contributed by atoms with Crippen LogP contribution in [0.1, 0.15) is 36.8 Å². The van der Waals surface area contributed by atoms with Gasteiger partial charge >= 0.3 is 11.9 Å². The molecule has 2 atom stereocenters. The van der Waals surface area contributed by atoms with Crippen LogP contribution in [0.5, 0.6) is 0 Å². The summed E-state index contributed by atoms with van der Waals surface area (Å²) in [6.07, 6.45) is 0. The van der Waals surface area contributed by atoms with Crippen molar-refractivity contribution in [1.82, 2.24) is 0 Å². The molecule has 26 heavy (non-hydrogen) atoms. The summed E-state index contributed by atoms with van der Waals surface area (Å²) in [5.74, 6) is -1.43. The molecule has 2 unspecified atom stereocenters. The SMILES string of the molecule is C=C(C(=O)OCC(C)c1ccccc1)C(=O)OCC(C)c1ccccc1. The predicted octanol–water partition coefficient (Wildman–Crippen LogP) is 4.24. The van der Waals surface area contributed by atoms with E-state index in [-0.39, 0.29) is 30.6 Å². The maximum atomic E-state index is 12.0. The Kier molecular flexibility index (Phi) is 7.15. The summed E-state index contributed by atoms with van der Waals surface area (Å²) in [6, 6.07) is 19.4. The Bertz CT molecular complexity index is 674. The molecule has 0 fully saturated rings. The average Bonchev–Trinajstić information content (AvgIpc) is 2.70. The lowest BCUT2D eigenvalue weighted by Gasteiger charge is -2.14. The van der Waals surface area contributed by atoms with E-state index < -0.39 is 11.9 Å². The van der Waals surface area contributed by atoms with E-state index in [9.17, 15) is 9.59 Å². The average molecular weight is 352 g/mol. The minimum Gasteiger partial charge on any atom is -0.461 e. The number of carbonyl (C=O) groups excluding carboxylic acids is 2. The molecular weight excluding hydrogens is 328 g/mol. The standard InChI is InChI=1S/C22H24O4/c1-16(19-10-6-4-7-11-19)14-25-21(23)18(3)22(24)26-15-17(2)20-12-8-5-9-13-20/h4-13,16-17H,3,14-15H2,1-2H3. The Balaban J connectivity index is 1.78. The monoisotopic (exact) mass is 352 g/mol. The number of rotatable bonds is 8. The van der Waals surface area contributed by atoms with Crippen molar-refractivity contribution in [3.05, 3.63) is 83.9 Å². The molecule has 0 saturated heterocycles. The minimum absolute atomic E-state index is 0.0297. The Morgan fingerprint density at radius 3 is 1.46 bits per heavy atom. The van der Waals surface area contributed by atoms with Crippen molar-refractivity contribution in [1.29, 1.82) is 0 Å². The molecule has 0 aromatic heterocycles. The van der Waals surface area contributed by atoms with Crippen molar-refractivity contribution in [2.45, 2.75) is 25.7 Å². The van der Waals surface area contributed by atoms with E-state index in [0.717, 1.165) is 11.1 Å². The van der Waals surface area contributed by atoms with Gasteiger partial charge in [0.15, 0.2) is 0 Å². The maximum Gasteiger partial charge on any atom is 0.344 e. The van der Waals surface area contributed by atoms with E-state index in [2.05, 4.69) is 6.58 Å². The smallest absolute Gasteiger partial charge is 0.344 e. The van der Waals surface area contributed by atoms with Gasteiger partial charge in [0, 0.05) is 11.8 Å². The first-order chi connectivity index (χ1) is 12.5. The van der Waals surface area contributed by atoms with E-state index in [1.807, 2.05) is 74.5 Å². The highest BCUT2D eigenvalue weighted by Crippen LogP contribution is 2.17. The summed E-state index contributed by atoms with van der Waals surface area (Å²) in [5.41, 5.74) is 1.83. The second kappa shape index (κ2) is 9.56. The van der Waals surface area contributed by atoms with Crippen LogP contribution < -0.4 is 0 Å². The molecule has 136 valence electrons. The van der Waals surface area contributed by atoms with Gasteiger partial charge in [-0.3, -0.25) is 0 Å². The summed E-state index contributed by atoms with van der Waals surface area (Å²) < 4.78 is 10.4. The highest BCUT2D eigenvalue weighted by atomic mass is 16.6. The van der Waals surface area contributed by atoms with Crippen molar-refractivity contribution in [3.63, 3.8) is 0 Å². The van der Waals surface area contributed by atoms with Crippen LogP contribution in [-0.2, 0) is 19.1 Å². The molecule has 4 nitrogen and oxygen atoms in total. The molecule has 0 bridgehead atoms. The molecule has 0 saturated carbocycles. The number of esters is 2. The minimum atomic E-state index is -0.745.